The van der Waals surface area contributed by atoms with E-state index >= 15 is 0 Å². The minimum absolute atomic E-state index is 0.00268. The van der Waals surface area contributed by atoms with E-state index < -0.39 is 12.1 Å². The summed E-state index contributed by atoms with van der Waals surface area (Å²) in [6, 6.07) is -0.629. The molecule has 1 amide bonds. The number of nitrogens with one attached hydrogen (secondary N) is 1. The predicted molar refractivity (Wildman–Crippen MR) is 306 cm³/mol. The Hall–Kier alpha value is -1.92. The van der Waals surface area contributed by atoms with Crippen LogP contribution in [0.1, 0.15) is 335 Å². The molecule has 0 spiro atoms. The highest BCUT2D eigenvalue weighted by Gasteiger charge is 2.18. The van der Waals surface area contributed by atoms with E-state index in [2.05, 4.69) is 43.5 Å². The van der Waals surface area contributed by atoms with Gasteiger partial charge in [-0.15, -0.1) is 0 Å². The normalized spacial score (nSPS) is 12.8. The molecule has 2 unspecified atom stereocenters. The highest BCUT2D eigenvalue weighted by Crippen LogP contribution is 2.17. The first-order chi connectivity index (χ1) is 34.5. The molecule has 0 saturated carbocycles. The molecule has 0 aliphatic carbocycles. The van der Waals surface area contributed by atoms with Crippen molar-refractivity contribution in [3.63, 3.8) is 0 Å². The van der Waals surface area contributed by atoms with Gasteiger partial charge in [-0.25, -0.2) is 0 Å². The molecule has 6 heteroatoms. The summed E-state index contributed by atoms with van der Waals surface area (Å²) in [6.07, 6.45) is 74.8. The van der Waals surface area contributed by atoms with E-state index in [0.29, 0.717) is 19.4 Å². The first-order valence-corrected chi connectivity index (χ1v) is 31.3. The highest BCUT2D eigenvalue weighted by atomic mass is 16.5. The molecule has 0 radical (unpaired) electrons. The lowest BCUT2D eigenvalue weighted by Crippen LogP contribution is -2.45. The third-order valence-corrected chi connectivity index (χ3v) is 14.4. The second-order valence-corrected chi connectivity index (χ2v) is 21.4. The van der Waals surface area contributed by atoms with Crippen LogP contribution in [0.25, 0.3) is 0 Å². The van der Waals surface area contributed by atoms with Crippen molar-refractivity contribution in [3.8, 4) is 0 Å². The molecule has 0 rings (SSSR count). The van der Waals surface area contributed by atoms with Gasteiger partial charge in [-0.05, 0) is 77.0 Å². The summed E-state index contributed by atoms with van der Waals surface area (Å²) in [5.74, 6) is -0.0657. The van der Waals surface area contributed by atoms with Gasteiger partial charge in [0.05, 0.1) is 25.4 Å². The number of aliphatic hydroxyl groups excluding tert-OH is 2. The van der Waals surface area contributed by atoms with Gasteiger partial charge < -0.3 is 20.3 Å². The van der Waals surface area contributed by atoms with Crippen LogP contribution in [0.4, 0.5) is 0 Å². The number of unbranched alkanes of at least 4 members (excludes halogenated alkanes) is 43. The van der Waals surface area contributed by atoms with Gasteiger partial charge in [0.25, 0.3) is 0 Å². The lowest BCUT2D eigenvalue weighted by atomic mass is 10.0. The number of hydrogen-bond donors (Lipinski definition) is 3. The predicted octanol–water partition coefficient (Wildman–Crippen LogP) is 19.6. The molecule has 0 fully saturated rings. The average Bonchev–Trinajstić information content (AvgIpc) is 3.36. The monoisotopic (exact) mass is 984 g/mol. The number of carbonyl (C=O) groups is 2. The summed E-state index contributed by atoms with van der Waals surface area (Å²) in [7, 11) is 0. The molecule has 0 aliphatic rings. The largest absolute Gasteiger partial charge is 0.466 e. The summed E-state index contributed by atoms with van der Waals surface area (Å²) in [5.41, 5.74) is 0. The summed E-state index contributed by atoms with van der Waals surface area (Å²) >= 11 is 0. The average molecular weight is 985 g/mol. The highest BCUT2D eigenvalue weighted by molar-refractivity contribution is 5.76. The number of amides is 1. The van der Waals surface area contributed by atoms with E-state index in [0.717, 1.165) is 44.9 Å². The molecule has 6 nitrogen and oxygen atoms in total. The molecule has 412 valence electrons. The van der Waals surface area contributed by atoms with Crippen LogP contribution in [-0.2, 0) is 14.3 Å². The first kappa shape index (κ1) is 68.1. The van der Waals surface area contributed by atoms with E-state index in [1.54, 1.807) is 6.08 Å². The van der Waals surface area contributed by atoms with Gasteiger partial charge in [-0.2, -0.15) is 0 Å². The fraction of sp³-hybridized carbons (Fsp3) is 0.875. The molecule has 0 aromatic heterocycles. The number of rotatable bonds is 58. The first-order valence-electron chi connectivity index (χ1n) is 31.3. The molecular weight excluding hydrogens is 863 g/mol. The van der Waals surface area contributed by atoms with Gasteiger partial charge in [-0.3, -0.25) is 9.59 Å². The zero-order valence-electron chi connectivity index (χ0n) is 47.0. The molecule has 70 heavy (non-hydrogen) atoms. The van der Waals surface area contributed by atoms with Gasteiger partial charge in [0.1, 0.15) is 0 Å². The van der Waals surface area contributed by atoms with Crippen molar-refractivity contribution < 1.29 is 24.5 Å². The summed E-state index contributed by atoms with van der Waals surface area (Å²) in [5, 5.41) is 23.1. The standard InChI is InChI=1S/C64H121NO5/c1-3-5-7-9-11-13-15-16-17-30-33-37-40-44-48-52-56-62(67)61(60-66)65-63(68)57-53-49-45-41-38-34-31-28-26-24-22-20-18-19-21-23-25-27-29-32-35-39-43-47-51-55-59-70-64(69)58-54-50-46-42-36-14-12-10-8-6-4-2/h10,12,18,20,52,56,61-62,66-67H,3-9,11,13-17,19,21-51,53-55,57-60H2,1-2H3,(H,65,68)/b12-10-,20-18-,56-52+. The Bertz CT molecular complexity index is 1130. The Balaban J connectivity index is 3.42. The van der Waals surface area contributed by atoms with Crippen LogP contribution in [-0.4, -0.2) is 47.4 Å². The van der Waals surface area contributed by atoms with E-state index in [4.69, 9.17) is 4.74 Å². The van der Waals surface area contributed by atoms with Crippen molar-refractivity contribution in [2.45, 2.75) is 347 Å². The fourth-order valence-electron chi connectivity index (χ4n) is 9.55. The van der Waals surface area contributed by atoms with Crippen LogP contribution >= 0.6 is 0 Å². The van der Waals surface area contributed by atoms with Crippen LogP contribution in [0.15, 0.2) is 36.5 Å². The number of ether oxygens (including phenoxy) is 1. The Kier molecular flexibility index (Phi) is 58.0. The molecule has 0 aromatic rings. The van der Waals surface area contributed by atoms with Gasteiger partial charge in [0, 0.05) is 12.8 Å². The van der Waals surface area contributed by atoms with Crippen molar-refractivity contribution in [2.75, 3.05) is 13.2 Å². The lowest BCUT2D eigenvalue weighted by molar-refractivity contribution is -0.143. The van der Waals surface area contributed by atoms with Crippen molar-refractivity contribution in [1.82, 2.24) is 5.32 Å². The molecule has 0 saturated heterocycles. The number of hydrogen-bond acceptors (Lipinski definition) is 5. The smallest absolute Gasteiger partial charge is 0.305 e. The number of allylic oxidation sites excluding steroid dienone is 5. The topological polar surface area (TPSA) is 95.9 Å². The zero-order chi connectivity index (χ0) is 50.7. The Morgan fingerprint density at radius 2 is 0.686 bits per heavy atom. The Morgan fingerprint density at radius 1 is 0.386 bits per heavy atom. The molecule has 0 heterocycles. The second kappa shape index (κ2) is 59.6. The van der Waals surface area contributed by atoms with E-state index in [-0.39, 0.29) is 18.5 Å². The minimum atomic E-state index is -0.846. The van der Waals surface area contributed by atoms with Crippen LogP contribution in [0.2, 0.25) is 0 Å². The third-order valence-electron chi connectivity index (χ3n) is 14.4. The number of aliphatic hydroxyl groups is 2. The maximum absolute atomic E-state index is 12.5. The number of esters is 1. The zero-order valence-corrected chi connectivity index (χ0v) is 47.0. The van der Waals surface area contributed by atoms with E-state index in [1.165, 1.54) is 263 Å². The maximum atomic E-state index is 12.5. The maximum Gasteiger partial charge on any atom is 0.305 e. The minimum Gasteiger partial charge on any atom is -0.466 e. The molecule has 3 N–H and O–H groups in total. The van der Waals surface area contributed by atoms with Crippen molar-refractivity contribution in [1.29, 1.82) is 0 Å². The SMILES string of the molecule is CCCC/C=C\CCCCCCCC(=O)OCCCCCCCCCCCCCC/C=C\CCCCCCCCCCCCC(=O)NC(CO)C(O)/C=C/CCCCCCCCCCCCCCCC. The van der Waals surface area contributed by atoms with E-state index in [9.17, 15) is 19.8 Å². The van der Waals surface area contributed by atoms with Crippen LogP contribution in [0.5, 0.6) is 0 Å². The summed E-state index contributed by atoms with van der Waals surface area (Å²) < 4.78 is 5.46. The van der Waals surface area contributed by atoms with E-state index in [1.807, 2.05) is 6.08 Å². The van der Waals surface area contributed by atoms with Gasteiger partial charge >= 0.3 is 5.97 Å². The lowest BCUT2D eigenvalue weighted by Gasteiger charge is -2.20. The quantitative estimate of drug-likeness (QED) is 0.0321. The molecule has 0 aromatic carbocycles. The Labute approximate surface area is 436 Å². The summed E-state index contributed by atoms with van der Waals surface area (Å²) in [4.78, 5) is 24.5. The van der Waals surface area contributed by atoms with Crippen LogP contribution in [0, 0.1) is 0 Å². The molecule has 2 atom stereocenters. The van der Waals surface area contributed by atoms with Crippen molar-refractivity contribution in [3.05, 3.63) is 36.5 Å². The molecular formula is C64H121NO5. The summed E-state index contributed by atoms with van der Waals surface area (Å²) in [6.45, 7) is 4.88. The molecule has 0 aliphatic heterocycles. The van der Waals surface area contributed by atoms with Gasteiger partial charge in [0.15, 0.2) is 0 Å². The number of carbonyl (C=O) groups excluding carboxylic acids is 2. The second-order valence-electron chi connectivity index (χ2n) is 21.4. The van der Waals surface area contributed by atoms with Gasteiger partial charge in [-0.1, -0.05) is 281 Å². The van der Waals surface area contributed by atoms with Crippen molar-refractivity contribution >= 4 is 11.9 Å². The van der Waals surface area contributed by atoms with Crippen molar-refractivity contribution in [2.24, 2.45) is 0 Å². The van der Waals surface area contributed by atoms with Gasteiger partial charge in [0.2, 0.25) is 5.91 Å². The Morgan fingerprint density at radius 3 is 1.06 bits per heavy atom. The fourth-order valence-corrected chi connectivity index (χ4v) is 9.55. The third kappa shape index (κ3) is 55.4. The van der Waals surface area contributed by atoms with Crippen LogP contribution < -0.4 is 5.32 Å². The van der Waals surface area contributed by atoms with Crippen LogP contribution in [0.3, 0.4) is 0 Å². The molecule has 0 bridgehead atoms.